The predicted molar refractivity (Wildman–Crippen MR) is 122 cm³/mol. The summed E-state index contributed by atoms with van der Waals surface area (Å²) in [5.74, 6) is -4.44. The molecular weight excluding hydrogens is 420 g/mol. The maximum absolute atomic E-state index is 13.6. The molecule has 8 nitrogen and oxygen atoms in total. The summed E-state index contributed by atoms with van der Waals surface area (Å²) in [7, 11) is 0. The number of morpholine rings is 1. The van der Waals surface area contributed by atoms with Crippen LogP contribution in [0.4, 0.5) is 5.69 Å². The Morgan fingerprint density at radius 2 is 1.91 bits per heavy atom. The van der Waals surface area contributed by atoms with Crippen LogP contribution < -0.4 is 10.6 Å². The number of imide groups is 1. The normalized spacial score (nSPS) is 40.8. The van der Waals surface area contributed by atoms with Crippen molar-refractivity contribution in [2.24, 2.45) is 0 Å². The minimum absolute atomic E-state index is 0.120. The van der Waals surface area contributed by atoms with Crippen molar-refractivity contribution in [1.29, 1.82) is 0 Å². The largest absolute Gasteiger partial charge is 0.381 e. The highest BCUT2D eigenvalue weighted by Gasteiger charge is 2.39. The standard InChI is InChI=1S/C25H28N4O4/c30-23-8-7-22(24(31)27-23)29-16-20-19(25(29)32)5-2-6-21(20)26-14-17-3-1-4-18(13-17)15-28-9-11-33-12-10-28/h1-6,13,22,26H,7-12,14-16H2,(H,27,30,31)/i7D2,8D2,9D2,10D2,11D2,12D2,14D2,15D2,16D2. The third-order valence-electron chi connectivity index (χ3n) is 4.67. The zero-order valence-corrected chi connectivity index (χ0v) is 16.6. The lowest BCUT2D eigenvalue weighted by Crippen LogP contribution is -2.52. The van der Waals surface area contributed by atoms with Crippen LogP contribution in [0.2, 0.25) is 0 Å². The first-order valence-electron chi connectivity index (χ1n) is 18.5. The van der Waals surface area contributed by atoms with Gasteiger partial charge in [0, 0.05) is 69.4 Å². The van der Waals surface area contributed by atoms with Gasteiger partial charge in [-0.15, -0.1) is 0 Å². The monoisotopic (exact) mass is 466 g/mol. The van der Waals surface area contributed by atoms with Crippen LogP contribution in [0.1, 0.15) is 64.5 Å². The molecule has 3 heterocycles. The summed E-state index contributed by atoms with van der Waals surface area (Å²) in [5, 5.41) is 3.99. The Labute approximate surface area is 218 Å². The highest BCUT2D eigenvalue weighted by atomic mass is 16.5. The second kappa shape index (κ2) is 9.33. The molecule has 2 aromatic rings. The summed E-state index contributed by atoms with van der Waals surface area (Å²) in [4.78, 5) is 38.3. The summed E-state index contributed by atoms with van der Waals surface area (Å²) in [6.45, 7) is -23.8. The molecule has 0 spiro atoms. The summed E-state index contributed by atoms with van der Waals surface area (Å²) >= 11 is 0. The van der Waals surface area contributed by atoms with Crippen molar-refractivity contribution in [3.63, 3.8) is 0 Å². The Hall–Kier alpha value is -3.23. The maximum Gasteiger partial charge on any atom is 0.255 e. The minimum atomic E-state index is -3.65. The Balaban J connectivity index is 1.55. The van der Waals surface area contributed by atoms with E-state index in [2.05, 4.69) is 10.1 Å². The second-order valence-corrected chi connectivity index (χ2v) is 6.81. The summed E-state index contributed by atoms with van der Waals surface area (Å²) in [6.07, 6.45) is -6.83. The van der Waals surface area contributed by atoms with Crippen LogP contribution in [-0.4, -0.2) is 59.7 Å². The van der Waals surface area contributed by atoms with Crippen LogP contribution in [-0.2, 0) is 33.8 Å². The Morgan fingerprint density at radius 3 is 2.76 bits per heavy atom. The van der Waals surface area contributed by atoms with E-state index in [1.54, 1.807) is 5.32 Å². The maximum atomic E-state index is 13.6. The molecule has 0 radical (unpaired) electrons. The number of anilines is 1. The van der Waals surface area contributed by atoms with Gasteiger partial charge in [0.2, 0.25) is 11.8 Å². The van der Waals surface area contributed by atoms with E-state index >= 15 is 0 Å². The van der Waals surface area contributed by atoms with E-state index < -0.39 is 110 Å². The molecule has 2 N–H and O–H groups in total. The van der Waals surface area contributed by atoms with Gasteiger partial charge in [0.25, 0.3) is 5.91 Å². The minimum Gasteiger partial charge on any atom is -0.381 e. The number of fused-ring (bicyclic) bond motifs is 1. The number of ether oxygens (including phenoxy) is 1. The van der Waals surface area contributed by atoms with Crippen molar-refractivity contribution in [2.75, 3.05) is 31.4 Å². The van der Waals surface area contributed by atoms with Crippen molar-refractivity contribution in [3.05, 3.63) is 64.7 Å². The molecule has 3 amide bonds. The Morgan fingerprint density at radius 1 is 1.12 bits per heavy atom. The molecule has 1 atom stereocenters. The van der Waals surface area contributed by atoms with Gasteiger partial charge in [0.05, 0.1) is 24.1 Å². The number of hydrogen-bond acceptors (Lipinski definition) is 6. The average Bonchev–Trinajstić information content (AvgIpc) is 3.16. The van der Waals surface area contributed by atoms with E-state index in [1.165, 1.54) is 6.07 Å². The van der Waals surface area contributed by atoms with E-state index in [9.17, 15) is 14.4 Å². The molecule has 3 aliphatic rings. The number of piperidine rings is 1. The molecule has 0 aliphatic carbocycles. The van der Waals surface area contributed by atoms with Crippen molar-refractivity contribution in [1.82, 2.24) is 15.1 Å². The SMILES string of the molecule is [2H]C([2H])(Nc1cccc2c1C([2H])([2H])N(C1C(=O)NC(=O)C([2H])([2H])C1([2H])[2H])C2=O)c1cccc(C([2H])([2H])N2C([2H])([2H])C([2H])([2H])OC([2H])([2H])C2([2H])[2H])c1. The number of nitrogens with one attached hydrogen (secondary N) is 2. The van der Waals surface area contributed by atoms with Crippen LogP contribution in [0.15, 0.2) is 42.5 Å². The topological polar surface area (TPSA) is 91.0 Å². The van der Waals surface area contributed by atoms with E-state index in [4.69, 9.17) is 24.7 Å². The number of nitrogens with zero attached hydrogens (tertiary/aromatic N) is 2. The van der Waals surface area contributed by atoms with Crippen molar-refractivity contribution >= 4 is 23.4 Å². The highest BCUT2D eigenvalue weighted by molar-refractivity contribution is 6.06. The first-order valence-corrected chi connectivity index (χ1v) is 9.54. The van der Waals surface area contributed by atoms with Gasteiger partial charge in [-0.05, 0) is 29.6 Å². The highest BCUT2D eigenvalue weighted by Crippen LogP contribution is 2.32. The van der Waals surface area contributed by atoms with Gasteiger partial charge in [0.15, 0.2) is 0 Å². The fourth-order valence-corrected chi connectivity index (χ4v) is 3.21. The van der Waals surface area contributed by atoms with Crippen LogP contribution in [0, 0.1) is 0 Å². The first kappa shape index (κ1) is 9.19. The van der Waals surface area contributed by atoms with Crippen LogP contribution in [0.3, 0.4) is 0 Å². The summed E-state index contributed by atoms with van der Waals surface area (Å²) in [5.41, 5.74) is -2.66. The first-order chi connectivity index (χ1) is 22.8. The third-order valence-corrected chi connectivity index (χ3v) is 4.67. The fraction of sp³-hybridized carbons (Fsp3) is 0.400. The van der Waals surface area contributed by atoms with Gasteiger partial charge in [-0.2, -0.15) is 0 Å². The number of carbonyl (C=O) groups excluding carboxylic acids is 3. The number of amides is 3. The molecule has 0 aromatic heterocycles. The van der Waals surface area contributed by atoms with Gasteiger partial charge in [-0.25, -0.2) is 0 Å². The van der Waals surface area contributed by atoms with Crippen molar-refractivity contribution in [2.45, 2.75) is 38.3 Å². The van der Waals surface area contributed by atoms with E-state index in [0.29, 0.717) is 0 Å². The van der Waals surface area contributed by atoms with Crippen LogP contribution in [0.5, 0.6) is 0 Å². The van der Waals surface area contributed by atoms with Crippen molar-refractivity contribution in [3.8, 4) is 0 Å². The molecule has 1 unspecified atom stereocenters. The number of benzene rings is 2. The summed E-state index contributed by atoms with van der Waals surface area (Å²) < 4.78 is 154. The molecule has 0 saturated carbocycles. The van der Waals surface area contributed by atoms with Crippen LogP contribution >= 0.6 is 0 Å². The number of rotatable bonds is 6. The molecule has 0 bridgehead atoms. The molecule has 2 saturated heterocycles. The number of carbonyl (C=O) groups is 3. The van der Waals surface area contributed by atoms with Crippen LogP contribution in [0.25, 0.3) is 0 Å². The molecular formula is C25H28N4O4. The quantitative estimate of drug-likeness (QED) is 0.632. The zero-order chi connectivity index (χ0) is 38.9. The molecule has 2 fully saturated rings. The second-order valence-electron chi connectivity index (χ2n) is 6.81. The summed E-state index contributed by atoms with van der Waals surface area (Å²) in [6, 6.07) is 4.84. The van der Waals surface area contributed by atoms with Gasteiger partial charge >= 0.3 is 0 Å². The van der Waals surface area contributed by atoms with Gasteiger partial charge in [-0.3, -0.25) is 24.6 Å². The third kappa shape index (κ3) is 4.62. The lowest BCUT2D eigenvalue weighted by atomic mass is 10.0. The van der Waals surface area contributed by atoms with E-state index in [0.717, 1.165) is 36.4 Å². The lowest BCUT2D eigenvalue weighted by Gasteiger charge is -2.29. The average molecular weight is 467 g/mol. The molecule has 3 aliphatic heterocycles. The number of hydrogen-bond donors (Lipinski definition) is 2. The predicted octanol–water partition coefficient (Wildman–Crippen LogP) is 1.89. The molecule has 8 heteroatoms. The smallest absolute Gasteiger partial charge is 0.255 e. The Bertz CT molecular complexity index is 1810. The van der Waals surface area contributed by atoms with Gasteiger partial charge in [-0.1, -0.05) is 30.3 Å². The van der Waals surface area contributed by atoms with E-state index in [1.807, 2.05) is 0 Å². The molecule has 172 valence electrons. The molecule has 33 heavy (non-hydrogen) atoms. The lowest BCUT2D eigenvalue weighted by molar-refractivity contribution is -0.136. The molecule has 5 rings (SSSR count). The van der Waals surface area contributed by atoms with Crippen molar-refractivity contribution < 1.29 is 43.8 Å². The zero-order valence-electron chi connectivity index (χ0n) is 34.6. The molecule has 2 aromatic carbocycles. The fourth-order valence-electron chi connectivity index (χ4n) is 3.21. The van der Waals surface area contributed by atoms with Gasteiger partial charge < -0.3 is 15.0 Å². The van der Waals surface area contributed by atoms with Gasteiger partial charge in [0.1, 0.15) is 6.04 Å². The van der Waals surface area contributed by atoms with E-state index in [-0.39, 0.29) is 9.80 Å². The Kier molecular flexibility index (Phi) is 2.60.